The standard InChI is InChI=1S/C12H18N2O5S/c1-4-19-10-5-6-13-7-11(10)20(17,18)14(9(2)3)8-12(15)16/h5-7,9H,4,8H2,1-3H3,(H,15,16). The first-order valence-corrected chi connectivity index (χ1v) is 7.55. The van der Waals surface area contributed by atoms with Crippen LogP contribution in [-0.2, 0) is 14.8 Å². The highest BCUT2D eigenvalue weighted by molar-refractivity contribution is 7.89. The van der Waals surface area contributed by atoms with E-state index in [0.29, 0.717) is 6.61 Å². The van der Waals surface area contributed by atoms with Gasteiger partial charge in [-0.05, 0) is 26.8 Å². The molecule has 1 N–H and O–H groups in total. The molecule has 0 aliphatic carbocycles. The largest absolute Gasteiger partial charge is 0.492 e. The quantitative estimate of drug-likeness (QED) is 0.806. The van der Waals surface area contributed by atoms with Crippen LogP contribution in [0.3, 0.4) is 0 Å². The molecule has 7 nitrogen and oxygen atoms in total. The molecule has 112 valence electrons. The van der Waals surface area contributed by atoms with Gasteiger partial charge in [-0.25, -0.2) is 8.42 Å². The first-order chi connectivity index (χ1) is 9.30. The number of sulfonamides is 1. The molecule has 1 heterocycles. The molecule has 0 saturated heterocycles. The molecule has 0 radical (unpaired) electrons. The molecule has 0 amide bonds. The highest BCUT2D eigenvalue weighted by Gasteiger charge is 2.31. The summed E-state index contributed by atoms with van der Waals surface area (Å²) in [6.07, 6.45) is 2.58. The van der Waals surface area contributed by atoms with Gasteiger partial charge < -0.3 is 9.84 Å². The Bertz CT molecular complexity index is 571. The number of pyridine rings is 1. The van der Waals surface area contributed by atoms with Crippen molar-refractivity contribution < 1.29 is 23.1 Å². The van der Waals surface area contributed by atoms with Gasteiger partial charge in [0, 0.05) is 12.2 Å². The summed E-state index contributed by atoms with van der Waals surface area (Å²) in [6, 6.07) is 0.945. The Morgan fingerprint density at radius 1 is 1.50 bits per heavy atom. The van der Waals surface area contributed by atoms with Crippen LogP contribution in [0.2, 0.25) is 0 Å². The Morgan fingerprint density at radius 3 is 2.65 bits per heavy atom. The summed E-state index contributed by atoms with van der Waals surface area (Å²) < 4.78 is 31.3. The molecule has 20 heavy (non-hydrogen) atoms. The number of hydrogen-bond donors (Lipinski definition) is 1. The number of carboxylic acids is 1. The number of aromatic nitrogens is 1. The van der Waals surface area contributed by atoms with E-state index >= 15 is 0 Å². The molecule has 0 unspecified atom stereocenters. The lowest BCUT2D eigenvalue weighted by Crippen LogP contribution is -2.40. The summed E-state index contributed by atoms with van der Waals surface area (Å²) in [6.45, 7) is 4.64. The second-order valence-electron chi connectivity index (χ2n) is 4.29. The van der Waals surface area contributed by atoms with Crippen LogP contribution in [-0.4, -0.2) is 48.0 Å². The van der Waals surface area contributed by atoms with E-state index in [0.717, 1.165) is 10.5 Å². The average molecular weight is 302 g/mol. The maximum atomic E-state index is 12.5. The van der Waals surface area contributed by atoms with E-state index in [-0.39, 0.29) is 10.6 Å². The maximum absolute atomic E-state index is 12.5. The number of carboxylic acid groups (broad SMARTS) is 1. The van der Waals surface area contributed by atoms with Crippen LogP contribution >= 0.6 is 0 Å². The minimum Gasteiger partial charge on any atom is -0.492 e. The number of hydrogen-bond acceptors (Lipinski definition) is 5. The van der Waals surface area contributed by atoms with E-state index < -0.39 is 28.6 Å². The summed E-state index contributed by atoms with van der Waals surface area (Å²) in [4.78, 5) is 14.5. The molecule has 0 fully saturated rings. The van der Waals surface area contributed by atoms with Crippen LogP contribution in [0.1, 0.15) is 20.8 Å². The zero-order chi connectivity index (χ0) is 15.3. The smallest absolute Gasteiger partial charge is 0.318 e. The van der Waals surface area contributed by atoms with Gasteiger partial charge in [-0.1, -0.05) is 0 Å². The Morgan fingerprint density at radius 2 is 2.15 bits per heavy atom. The summed E-state index contributed by atoms with van der Waals surface area (Å²) >= 11 is 0. The molecule has 0 aliphatic heterocycles. The van der Waals surface area contributed by atoms with Gasteiger partial charge in [0.05, 0.1) is 12.8 Å². The zero-order valence-corrected chi connectivity index (χ0v) is 12.4. The maximum Gasteiger partial charge on any atom is 0.318 e. The van der Waals surface area contributed by atoms with Crippen LogP contribution in [0.15, 0.2) is 23.4 Å². The van der Waals surface area contributed by atoms with Gasteiger partial charge in [-0.2, -0.15) is 4.31 Å². The Balaban J connectivity index is 3.29. The van der Waals surface area contributed by atoms with Crippen LogP contribution in [0, 0.1) is 0 Å². The molecule has 0 saturated carbocycles. The topological polar surface area (TPSA) is 96.8 Å². The molecule has 1 aromatic rings. The Hall–Kier alpha value is -1.67. The van der Waals surface area contributed by atoms with Crippen molar-refractivity contribution in [3.8, 4) is 5.75 Å². The fourth-order valence-corrected chi connectivity index (χ4v) is 3.30. The summed E-state index contributed by atoms with van der Waals surface area (Å²) in [7, 11) is -3.98. The lowest BCUT2D eigenvalue weighted by molar-refractivity contribution is -0.137. The van der Waals surface area contributed by atoms with E-state index in [2.05, 4.69) is 4.98 Å². The first kappa shape index (κ1) is 16.4. The molecule has 1 aromatic heterocycles. The Kier molecular flexibility index (Phi) is 5.46. The molecular weight excluding hydrogens is 284 g/mol. The fourth-order valence-electron chi connectivity index (χ4n) is 1.64. The lowest BCUT2D eigenvalue weighted by Gasteiger charge is -2.24. The van der Waals surface area contributed by atoms with Crippen molar-refractivity contribution in [2.75, 3.05) is 13.2 Å². The van der Waals surface area contributed by atoms with E-state index in [1.54, 1.807) is 20.8 Å². The number of rotatable bonds is 7. The van der Waals surface area contributed by atoms with Crippen molar-refractivity contribution in [1.29, 1.82) is 0 Å². The number of ether oxygens (including phenoxy) is 1. The Labute approximate surface area is 118 Å². The molecular formula is C12H18N2O5S. The van der Waals surface area contributed by atoms with Gasteiger partial charge in [0.2, 0.25) is 10.0 Å². The van der Waals surface area contributed by atoms with E-state index in [9.17, 15) is 13.2 Å². The third-order valence-corrected chi connectivity index (χ3v) is 4.53. The monoisotopic (exact) mass is 302 g/mol. The van der Waals surface area contributed by atoms with Crippen molar-refractivity contribution >= 4 is 16.0 Å². The van der Waals surface area contributed by atoms with Gasteiger partial charge in [0.15, 0.2) is 0 Å². The van der Waals surface area contributed by atoms with Crippen molar-refractivity contribution in [2.45, 2.75) is 31.7 Å². The van der Waals surface area contributed by atoms with Crippen molar-refractivity contribution in [3.05, 3.63) is 18.5 Å². The molecule has 0 aromatic carbocycles. The van der Waals surface area contributed by atoms with Gasteiger partial charge in [-0.15, -0.1) is 0 Å². The van der Waals surface area contributed by atoms with Crippen molar-refractivity contribution in [2.24, 2.45) is 0 Å². The van der Waals surface area contributed by atoms with Crippen molar-refractivity contribution in [3.63, 3.8) is 0 Å². The van der Waals surface area contributed by atoms with Gasteiger partial charge >= 0.3 is 5.97 Å². The van der Waals surface area contributed by atoms with Gasteiger partial charge in [0.1, 0.15) is 17.2 Å². The van der Waals surface area contributed by atoms with E-state index in [1.807, 2.05) is 0 Å². The fraction of sp³-hybridized carbons (Fsp3) is 0.500. The number of carbonyl (C=O) groups is 1. The normalized spacial score (nSPS) is 11.8. The highest BCUT2D eigenvalue weighted by Crippen LogP contribution is 2.26. The zero-order valence-electron chi connectivity index (χ0n) is 11.6. The SMILES string of the molecule is CCOc1ccncc1S(=O)(=O)N(CC(=O)O)C(C)C. The average Bonchev–Trinajstić information content (AvgIpc) is 2.36. The predicted octanol–water partition coefficient (Wildman–Crippen LogP) is 0.964. The minimum atomic E-state index is -3.98. The summed E-state index contributed by atoms with van der Waals surface area (Å²) in [5, 5.41) is 8.86. The number of aliphatic carboxylic acids is 1. The molecule has 8 heteroatoms. The first-order valence-electron chi connectivity index (χ1n) is 6.11. The third kappa shape index (κ3) is 3.67. The van der Waals surface area contributed by atoms with Crippen LogP contribution in [0.4, 0.5) is 0 Å². The summed E-state index contributed by atoms with van der Waals surface area (Å²) in [5.41, 5.74) is 0. The molecule has 0 atom stereocenters. The lowest BCUT2D eigenvalue weighted by atomic mass is 10.4. The van der Waals surface area contributed by atoms with Crippen molar-refractivity contribution in [1.82, 2.24) is 9.29 Å². The third-order valence-electron chi connectivity index (χ3n) is 2.50. The second kappa shape index (κ2) is 6.67. The van der Waals surface area contributed by atoms with Crippen LogP contribution in [0.5, 0.6) is 5.75 Å². The van der Waals surface area contributed by atoms with Gasteiger partial charge in [0.25, 0.3) is 0 Å². The molecule has 0 spiro atoms. The van der Waals surface area contributed by atoms with Gasteiger partial charge in [-0.3, -0.25) is 9.78 Å². The second-order valence-corrected chi connectivity index (χ2v) is 6.15. The molecule has 0 bridgehead atoms. The highest BCUT2D eigenvalue weighted by atomic mass is 32.2. The number of nitrogens with zero attached hydrogens (tertiary/aromatic N) is 2. The molecule has 0 aliphatic rings. The van der Waals surface area contributed by atoms with Crippen LogP contribution in [0.25, 0.3) is 0 Å². The van der Waals surface area contributed by atoms with E-state index in [4.69, 9.17) is 9.84 Å². The van der Waals surface area contributed by atoms with E-state index in [1.165, 1.54) is 12.3 Å². The molecule has 1 rings (SSSR count). The minimum absolute atomic E-state index is 0.128. The predicted molar refractivity (Wildman–Crippen MR) is 72.1 cm³/mol. The van der Waals surface area contributed by atoms with Crippen LogP contribution < -0.4 is 4.74 Å². The summed E-state index contributed by atoms with van der Waals surface area (Å²) in [5.74, 6) is -1.05.